The van der Waals surface area contributed by atoms with Gasteiger partial charge in [-0.2, -0.15) is 0 Å². The summed E-state index contributed by atoms with van der Waals surface area (Å²) in [7, 11) is 0. The number of ketones is 1. The molecule has 1 aliphatic heterocycles. The van der Waals surface area contributed by atoms with Crippen molar-refractivity contribution in [3.05, 3.63) is 69.5 Å². The number of phenolic OH excluding ortho intramolecular Hbond substituents is 1. The number of nitrogens with one attached hydrogen (secondary N) is 1. The zero-order valence-electron chi connectivity index (χ0n) is 13.9. The van der Waals surface area contributed by atoms with Crippen molar-refractivity contribution in [1.82, 2.24) is 4.98 Å². The number of aromatic nitrogens is 1. The van der Waals surface area contributed by atoms with Crippen molar-refractivity contribution in [2.45, 2.75) is 19.3 Å². The van der Waals surface area contributed by atoms with Crippen molar-refractivity contribution in [1.29, 1.82) is 0 Å². The molecule has 3 aromatic rings. The van der Waals surface area contributed by atoms with Crippen LogP contribution in [0.1, 0.15) is 40.7 Å². The summed E-state index contributed by atoms with van der Waals surface area (Å²) in [6.45, 7) is 1.34. The Morgan fingerprint density at radius 2 is 1.96 bits per heavy atom. The number of Topliss-reactive ketones (excluding diaryl/α,β-unsaturated/α-hetero) is 1. The van der Waals surface area contributed by atoms with Crippen LogP contribution in [0.15, 0.2) is 47.3 Å². The number of aromatic amines is 1. The molecule has 0 spiro atoms. The molecular weight excluding hydrogens is 334 g/mol. The minimum absolute atomic E-state index is 0.0939. The zero-order chi connectivity index (χ0) is 18.4. The number of para-hydroxylation sites is 1. The maximum atomic E-state index is 12.6. The van der Waals surface area contributed by atoms with Gasteiger partial charge in [0.1, 0.15) is 11.5 Å². The first kappa shape index (κ1) is 16.1. The highest BCUT2D eigenvalue weighted by molar-refractivity contribution is 5.98. The number of aromatic hydroxyl groups is 1. The van der Waals surface area contributed by atoms with Gasteiger partial charge in [-0.1, -0.05) is 18.2 Å². The molecule has 0 radical (unpaired) electrons. The van der Waals surface area contributed by atoms with Gasteiger partial charge in [0.15, 0.2) is 5.78 Å². The maximum absolute atomic E-state index is 12.6. The van der Waals surface area contributed by atoms with Gasteiger partial charge in [0.25, 0.3) is 5.56 Å². The lowest BCUT2D eigenvalue weighted by molar-refractivity contribution is -0.135. The van der Waals surface area contributed by atoms with Crippen LogP contribution in [0.3, 0.4) is 0 Å². The van der Waals surface area contributed by atoms with Gasteiger partial charge in [0, 0.05) is 22.6 Å². The van der Waals surface area contributed by atoms with Crippen molar-refractivity contribution >= 4 is 22.7 Å². The number of H-pyrrole nitrogens is 1. The Hall–Kier alpha value is -3.41. The average molecular weight is 349 g/mol. The Bertz CT molecular complexity index is 1130. The Balaban J connectivity index is 1.98. The van der Waals surface area contributed by atoms with E-state index in [1.54, 1.807) is 12.1 Å². The molecule has 6 heteroatoms. The van der Waals surface area contributed by atoms with E-state index in [0.29, 0.717) is 11.1 Å². The molecule has 26 heavy (non-hydrogen) atoms. The summed E-state index contributed by atoms with van der Waals surface area (Å²) in [6.07, 6.45) is -0.0939. The second-order valence-corrected chi connectivity index (χ2v) is 6.30. The summed E-state index contributed by atoms with van der Waals surface area (Å²) in [5, 5.41) is 11.4. The van der Waals surface area contributed by atoms with Crippen LogP contribution in [-0.2, 0) is 4.79 Å². The van der Waals surface area contributed by atoms with Crippen molar-refractivity contribution in [2.24, 2.45) is 0 Å². The lowest BCUT2D eigenvalue weighted by atomic mass is 9.84. The maximum Gasteiger partial charge on any atom is 0.312 e. The van der Waals surface area contributed by atoms with Gasteiger partial charge in [-0.05, 0) is 36.6 Å². The quantitative estimate of drug-likeness (QED) is 0.421. The van der Waals surface area contributed by atoms with Gasteiger partial charge in [-0.25, -0.2) is 0 Å². The largest absolute Gasteiger partial charge is 0.507 e. The summed E-state index contributed by atoms with van der Waals surface area (Å²) in [6, 6.07) is 11.9. The van der Waals surface area contributed by atoms with Crippen molar-refractivity contribution in [3.63, 3.8) is 0 Å². The van der Waals surface area contributed by atoms with Gasteiger partial charge in [-0.3, -0.25) is 14.4 Å². The number of carbonyl (C=O) groups is 2. The number of rotatable bonds is 2. The van der Waals surface area contributed by atoms with Gasteiger partial charge in [0.05, 0.1) is 12.0 Å². The molecule has 1 aromatic heterocycles. The molecule has 2 heterocycles. The molecule has 1 atom stereocenters. The fourth-order valence-electron chi connectivity index (χ4n) is 3.42. The van der Waals surface area contributed by atoms with E-state index in [9.17, 15) is 19.5 Å². The molecule has 2 aromatic carbocycles. The minimum Gasteiger partial charge on any atom is -0.507 e. The third-order valence-corrected chi connectivity index (χ3v) is 4.66. The molecule has 130 valence electrons. The molecular formula is C20H15NO5. The van der Waals surface area contributed by atoms with Crippen LogP contribution in [0, 0.1) is 0 Å². The molecule has 0 fully saturated rings. The highest BCUT2D eigenvalue weighted by atomic mass is 16.5. The molecule has 0 amide bonds. The van der Waals surface area contributed by atoms with Gasteiger partial charge in [0.2, 0.25) is 0 Å². The molecule has 4 rings (SSSR count). The van der Waals surface area contributed by atoms with Gasteiger partial charge in [-0.15, -0.1) is 0 Å². The van der Waals surface area contributed by atoms with Crippen molar-refractivity contribution in [2.75, 3.05) is 0 Å². The van der Waals surface area contributed by atoms with Gasteiger partial charge < -0.3 is 14.8 Å². The topological polar surface area (TPSA) is 96.5 Å². The summed E-state index contributed by atoms with van der Waals surface area (Å²) >= 11 is 0. The molecule has 0 saturated carbocycles. The summed E-state index contributed by atoms with van der Waals surface area (Å²) in [4.78, 5) is 39.2. The average Bonchev–Trinajstić information content (AvgIpc) is 2.60. The van der Waals surface area contributed by atoms with E-state index in [0.717, 1.165) is 5.39 Å². The third-order valence-electron chi connectivity index (χ3n) is 4.66. The molecule has 0 aliphatic carbocycles. The van der Waals surface area contributed by atoms with Crippen LogP contribution in [0.2, 0.25) is 0 Å². The highest BCUT2D eigenvalue weighted by Crippen LogP contribution is 2.44. The molecule has 0 saturated heterocycles. The van der Waals surface area contributed by atoms with E-state index in [2.05, 4.69) is 4.98 Å². The summed E-state index contributed by atoms with van der Waals surface area (Å²) < 4.78 is 5.20. The number of benzene rings is 2. The molecule has 6 nitrogen and oxygen atoms in total. The fraction of sp³-hybridized carbons (Fsp3) is 0.150. The molecule has 2 N–H and O–H groups in total. The van der Waals surface area contributed by atoms with Crippen molar-refractivity contribution in [3.8, 4) is 11.5 Å². The van der Waals surface area contributed by atoms with Crippen LogP contribution < -0.4 is 10.3 Å². The van der Waals surface area contributed by atoms with E-state index in [-0.39, 0.29) is 40.4 Å². The van der Waals surface area contributed by atoms with Crippen molar-refractivity contribution < 1.29 is 19.4 Å². The second-order valence-electron chi connectivity index (χ2n) is 6.30. The van der Waals surface area contributed by atoms with Crippen LogP contribution >= 0.6 is 0 Å². The number of hydrogen-bond acceptors (Lipinski definition) is 5. The number of hydrogen-bond donors (Lipinski definition) is 2. The van der Waals surface area contributed by atoms with E-state index in [1.165, 1.54) is 19.1 Å². The molecule has 1 aliphatic rings. The number of ether oxygens (including phenoxy) is 1. The first-order valence-corrected chi connectivity index (χ1v) is 8.15. The van der Waals surface area contributed by atoms with E-state index in [4.69, 9.17) is 4.74 Å². The lowest BCUT2D eigenvalue weighted by Gasteiger charge is -2.26. The SMILES string of the molecule is CC(=O)c1ccc2c(c1O)C(c1cc3ccccc3[nH]c1=O)CC(=O)O2. The minimum atomic E-state index is -0.695. The first-order chi connectivity index (χ1) is 12.5. The second kappa shape index (κ2) is 5.84. The Labute approximate surface area is 148 Å². The van der Waals surface area contributed by atoms with Crippen LogP contribution in [0.25, 0.3) is 10.9 Å². The van der Waals surface area contributed by atoms with Crippen LogP contribution in [0.4, 0.5) is 0 Å². The number of pyridine rings is 1. The number of phenols is 1. The highest BCUT2D eigenvalue weighted by Gasteiger charge is 2.34. The normalized spacial score (nSPS) is 16.2. The lowest BCUT2D eigenvalue weighted by Crippen LogP contribution is -2.26. The van der Waals surface area contributed by atoms with E-state index in [1.807, 2.05) is 18.2 Å². The fourth-order valence-corrected chi connectivity index (χ4v) is 3.42. The van der Waals surface area contributed by atoms with Crippen LogP contribution in [-0.4, -0.2) is 21.8 Å². The number of esters is 1. The predicted octanol–water partition coefficient (Wildman–Crippen LogP) is 2.88. The standard InChI is InChI=1S/C20H15NO5/c1-10(22)12-6-7-16-18(19(12)24)13(9-17(23)26-16)14-8-11-4-2-3-5-15(11)21-20(14)25/h2-8,13,24H,9H2,1H3,(H,21,25). The first-order valence-electron chi connectivity index (χ1n) is 8.15. The third kappa shape index (κ3) is 2.47. The zero-order valence-corrected chi connectivity index (χ0v) is 13.9. The Morgan fingerprint density at radius 1 is 1.19 bits per heavy atom. The molecule has 1 unspecified atom stereocenters. The molecule has 0 bridgehead atoms. The van der Waals surface area contributed by atoms with Crippen LogP contribution in [0.5, 0.6) is 11.5 Å². The summed E-state index contributed by atoms with van der Waals surface area (Å²) in [5.74, 6) is -1.58. The van der Waals surface area contributed by atoms with E-state index >= 15 is 0 Å². The number of fused-ring (bicyclic) bond motifs is 2. The summed E-state index contributed by atoms with van der Waals surface area (Å²) in [5.41, 5.74) is 1.10. The van der Waals surface area contributed by atoms with E-state index < -0.39 is 11.9 Å². The smallest absolute Gasteiger partial charge is 0.312 e. The number of carbonyl (C=O) groups excluding carboxylic acids is 2. The Morgan fingerprint density at radius 3 is 2.73 bits per heavy atom. The monoisotopic (exact) mass is 349 g/mol. The predicted molar refractivity (Wildman–Crippen MR) is 94.8 cm³/mol. The van der Waals surface area contributed by atoms with Gasteiger partial charge >= 0.3 is 5.97 Å². The Kier molecular flexibility index (Phi) is 3.61.